The van der Waals surface area contributed by atoms with Gasteiger partial charge in [-0.2, -0.15) is 0 Å². The molecule has 0 aliphatic carbocycles. The van der Waals surface area contributed by atoms with Crippen molar-refractivity contribution < 1.29 is 9.59 Å². The van der Waals surface area contributed by atoms with Crippen LogP contribution in [0.4, 0.5) is 5.13 Å². The predicted molar refractivity (Wildman–Crippen MR) is 113 cm³/mol. The summed E-state index contributed by atoms with van der Waals surface area (Å²) in [4.78, 5) is 24.0. The number of nitrogens with zero attached hydrogens (tertiary/aromatic N) is 2. The predicted octanol–water partition coefficient (Wildman–Crippen LogP) is 3.17. The fourth-order valence-electron chi connectivity index (χ4n) is 2.43. The summed E-state index contributed by atoms with van der Waals surface area (Å²) in [5.74, 6) is 0.0739. The molecule has 6 nitrogen and oxygen atoms in total. The average Bonchev–Trinajstić information content (AvgIpc) is 3.15. The van der Waals surface area contributed by atoms with Gasteiger partial charge in [-0.3, -0.25) is 9.59 Å². The zero-order valence-electron chi connectivity index (χ0n) is 15.1. The Morgan fingerprint density at radius 1 is 0.893 bits per heavy atom. The van der Waals surface area contributed by atoms with Crippen molar-refractivity contribution in [3.8, 4) is 0 Å². The van der Waals surface area contributed by atoms with Gasteiger partial charge in [-0.05, 0) is 17.5 Å². The molecule has 0 saturated heterocycles. The fourth-order valence-corrected chi connectivity index (χ4v) is 4.03. The van der Waals surface area contributed by atoms with Gasteiger partial charge in [-0.25, -0.2) is 0 Å². The van der Waals surface area contributed by atoms with E-state index in [0.717, 1.165) is 12.0 Å². The topological polar surface area (TPSA) is 84.0 Å². The van der Waals surface area contributed by atoms with E-state index in [2.05, 4.69) is 20.8 Å². The minimum absolute atomic E-state index is 0.0502. The van der Waals surface area contributed by atoms with Crippen LogP contribution in [0.3, 0.4) is 0 Å². The molecule has 0 aliphatic rings. The van der Waals surface area contributed by atoms with Gasteiger partial charge in [-0.15, -0.1) is 10.2 Å². The molecule has 28 heavy (non-hydrogen) atoms. The second-order valence-corrected chi connectivity index (χ2v) is 8.16. The largest absolute Gasteiger partial charge is 0.355 e. The number of carbonyl (C=O) groups is 2. The van der Waals surface area contributed by atoms with Crippen LogP contribution in [0, 0.1) is 0 Å². The monoisotopic (exact) mass is 412 g/mol. The van der Waals surface area contributed by atoms with Gasteiger partial charge in [0.15, 0.2) is 4.34 Å². The number of anilines is 1. The first-order valence-corrected chi connectivity index (χ1v) is 10.6. The van der Waals surface area contributed by atoms with Crippen LogP contribution in [-0.4, -0.2) is 34.3 Å². The number of amides is 2. The van der Waals surface area contributed by atoms with Gasteiger partial charge >= 0.3 is 0 Å². The smallest absolute Gasteiger partial charge is 0.230 e. The summed E-state index contributed by atoms with van der Waals surface area (Å²) in [6, 6.07) is 19.5. The highest BCUT2D eigenvalue weighted by Crippen LogP contribution is 2.25. The zero-order valence-corrected chi connectivity index (χ0v) is 16.8. The summed E-state index contributed by atoms with van der Waals surface area (Å²) in [6.07, 6.45) is 1.08. The molecule has 2 amide bonds. The van der Waals surface area contributed by atoms with Crippen molar-refractivity contribution in [3.63, 3.8) is 0 Å². The lowest BCUT2D eigenvalue weighted by Crippen LogP contribution is -2.27. The Bertz CT molecular complexity index is 901. The fraction of sp³-hybridized carbons (Fsp3) is 0.200. The summed E-state index contributed by atoms with van der Waals surface area (Å²) < 4.78 is 0.647. The molecule has 1 aromatic heterocycles. The van der Waals surface area contributed by atoms with Crippen molar-refractivity contribution in [2.45, 2.75) is 17.2 Å². The lowest BCUT2D eigenvalue weighted by atomic mass is 10.1. The average molecular weight is 413 g/mol. The summed E-state index contributed by atoms with van der Waals surface area (Å²) in [5, 5.41) is 14.0. The molecule has 3 rings (SSSR count). The second kappa shape index (κ2) is 10.6. The highest BCUT2D eigenvalue weighted by atomic mass is 32.2. The number of rotatable bonds is 9. The van der Waals surface area contributed by atoms with Gasteiger partial charge in [0, 0.05) is 6.54 Å². The number of thioether (sulfide) groups is 1. The Hall–Kier alpha value is -2.71. The zero-order chi connectivity index (χ0) is 19.6. The molecule has 0 unspecified atom stereocenters. The molecule has 144 valence electrons. The van der Waals surface area contributed by atoms with Crippen molar-refractivity contribution in [2.75, 3.05) is 17.6 Å². The van der Waals surface area contributed by atoms with Crippen molar-refractivity contribution in [3.05, 3.63) is 71.8 Å². The first-order chi connectivity index (χ1) is 13.7. The van der Waals surface area contributed by atoms with Gasteiger partial charge < -0.3 is 10.6 Å². The highest BCUT2D eigenvalue weighted by Gasteiger charge is 2.11. The third-order valence-electron chi connectivity index (χ3n) is 3.77. The standard InChI is InChI=1S/C20H20N4O2S2/c25-17(13-16-9-5-2-6-10-16)22-19-23-24-20(28-19)27-14-18(26)21-12-11-15-7-3-1-4-8-15/h1-10H,11-14H2,(H,21,26)(H,22,23,25). The highest BCUT2D eigenvalue weighted by molar-refractivity contribution is 8.01. The quantitative estimate of drug-likeness (QED) is 0.417. The van der Waals surface area contributed by atoms with Gasteiger partial charge in [0.25, 0.3) is 0 Å². The summed E-state index contributed by atoms with van der Waals surface area (Å²) in [7, 11) is 0. The van der Waals surface area contributed by atoms with E-state index in [4.69, 9.17) is 0 Å². The molecule has 0 spiro atoms. The first-order valence-electron chi connectivity index (χ1n) is 8.80. The molecular weight excluding hydrogens is 392 g/mol. The Morgan fingerprint density at radius 2 is 1.57 bits per heavy atom. The maximum atomic E-state index is 12.0. The molecular formula is C20H20N4O2S2. The number of hydrogen-bond donors (Lipinski definition) is 2. The summed E-state index contributed by atoms with van der Waals surface area (Å²) in [6.45, 7) is 0.598. The van der Waals surface area contributed by atoms with Crippen LogP contribution in [-0.2, 0) is 22.4 Å². The Kier molecular flexibility index (Phi) is 7.57. The minimum Gasteiger partial charge on any atom is -0.355 e. The number of aromatic nitrogens is 2. The summed E-state index contributed by atoms with van der Waals surface area (Å²) in [5.41, 5.74) is 2.13. The van der Waals surface area contributed by atoms with Crippen molar-refractivity contribution in [1.82, 2.24) is 15.5 Å². The molecule has 0 radical (unpaired) electrons. The molecule has 0 aliphatic heterocycles. The third-order valence-corrected chi connectivity index (χ3v) is 5.74. The van der Waals surface area contributed by atoms with Crippen LogP contribution in [0.5, 0.6) is 0 Å². The maximum absolute atomic E-state index is 12.0. The number of carbonyl (C=O) groups excluding carboxylic acids is 2. The summed E-state index contributed by atoms with van der Waals surface area (Å²) >= 11 is 2.57. The maximum Gasteiger partial charge on any atom is 0.230 e. The van der Waals surface area contributed by atoms with Crippen LogP contribution < -0.4 is 10.6 Å². The Labute approximate surface area is 171 Å². The van der Waals surface area contributed by atoms with Gasteiger partial charge in [0.05, 0.1) is 12.2 Å². The SMILES string of the molecule is O=C(CSc1nnc(NC(=O)Cc2ccccc2)s1)NCCc1ccccc1. The molecule has 0 atom stereocenters. The van der Waals surface area contributed by atoms with E-state index in [-0.39, 0.29) is 24.0 Å². The molecule has 0 bridgehead atoms. The van der Waals surface area contributed by atoms with Crippen molar-refractivity contribution >= 4 is 40.0 Å². The number of hydrogen-bond acceptors (Lipinski definition) is 6. The van der Waals surface area contributed by atoms with E-state index >= 15 is 0 Å². The van der Waals surface area contributed by atoms with Crippen molar-refractivity contribution in [2.24, 2.45) is 0 Å². The normalized spacial score (nSPS) is 10.4. The van der Waals surface area contributed by atoms with E-state index in [1.165, 1.54) is 28.7 Å². The van der Waals surface area contributed by atoms with Crippen molar-refractivity contribution in [1.29, 1.82) is 0 Å². The van der Waals surface area contributed by atoms with E-state index in [1.807, 2.05) is 60.7 Å². The molecule has 2 N–H and O–H groups in total. The lowest BCUT2D eigenvalue weighted by molar-refractivity contribution is -0.118. The van der Waals surface area contributed by atoms with Crippen LogP contribution in [0.2, 0.25) is 0 Å². The van der Waals surface area contributed by atoms with E-state index in [0.29, 0.717) is 16.0 Å². The molecule has 1 heterocycles. The Balaban J connectivity index is 1.37. The molecule has 2 aromatic carbocycles. The first kappa shape index (κ1) is 20.0. The van der Waals surface area contributed by atoms with Gasteiger partial charge in [-0.1, -0.05) is 83.8 Å². The van der Waals surface area contributed by atoms with Crippen LogP contribution in [0.25, 0.3) is 0 Å². The molecule has 8 heteroatoms. The second-order valence-electron chi connectivity index (χ2n) is 5.96. The van der Waals surface area contributed by atoms with Crippen LogP contribution in [0.15, 0.2) is 65.0 Å². The number of nitrogens with one attached hydrogen (secondary N) is 2. The van der Waals surface area contributed by atoms with E-state index < -0.39 is 0 Å². The number of benzene rings is 2. The minimum atomic E-state index is -0.141. The molecule has 0 saturated carbocycles. The Morgan fingerprint density at radius 3 is 2.29 bits per heavy atom. The van der Waals surface area contributed by atoms with Gasteiger partial charge in [0.2, 0.25) is 16.9 Å². The van der Waals surface area contributed by atoms with E-state index in [9.17, 15) is 9.59 Å². The molecule has 0 fully saturated rings. The lowest BCUT2D eigenvalue weighted by Gasteiger charge is -2.04. The van der Waals surface area contributed by atoms with Crippen LogP contribution in [0.1, 0.15) is 11.1 Å². The van der Waals surface area contributed by atoms with Crippen LogP contribution >= 0.6 is 23.1 Å². The van der Waals surface area contributed by atoms with Gasteiger partial charge in [0.1, 0.15) is 0 Å². The molecule has 3 aromatic rings. The van der Waals surface area contributed by atoms with E-state index in [1.54, 1.807) is 0 Å². The third kappa shape index (κ3) is 6.79.